The number of anilines is 1. The number of rotatable bonds is 8. The zero-order chi connectivity index (χ0) is 22.6. The van der Waals surface area contributed by atoms with Gasteiger partial charge in [-0.05, 0) is 58.9 Å². The van der Waals surface area contributed by atoms with E-state index in [9.17, 15) is 9.59 Å². The Kier molecular flexibility index (Phi) is 7.10. The highest BCUT2D eigenvalue weighted by molar-refractivity contribution is 7.99. The van der Waals surface area contributed by atoms with E-state index in [1.165, 1.54) is 11.8 Å². The van der Waals surface area contributed by atoms with Crippen LogP contribution in [-0.2, 0) is 21.7 Å². The first-order chi connectivity index (χ1) is 14.7. The van der Waals surface area contributed by atoms with Gasteiger partial charge in [-0.15, -0.1) is 0 Å². The summed E-state index contributed by atoms with van der Waals surface area (Å²) < 4.78 is 4.02. The van der Waals surface area contributed by atoms with Crippen molar-refractivity contribution < 1.29 is 9.59 Å². The lowest BCUT2D eigenvalue weighted by molar-refractivity contribution is -0.131. The van der Waals surface area contributed by atoms with E-state index in [0.29, 0.717) is 19.6 Å². The number of aromatic nitrogens is 3. The lowest BCUT2D eigenvalue weighted by Gasteiger charge is -2.22. The monoisotopic (exact) mass is 441 g/mol. The Bertz CT molecular complexity index is 1060. The molecule has 3 aromatic rings. The van der Waals surface area contributed by atoms with Gasteiger partial charge >= 0.3 is 0 Å². The molecule has 31 heavy (non-hydrogen) atoms. The minimum atomic E-state index is -0.0832. The van der Waals surface area contributed by atoms with Gasteiger partial charge in [-0.25, -0.2) is 4.98 Å². The van der Waals surface area contributed by atoms with Gasteiger partial charge in [0.2, 0.25) is 11.8 Å². The largest absolute Gasteiger partial charge is 0.342 e. The first-order valence-electron chi connectivity index (χ1n) is 10.6. The number of imidazole rings is 1. The second kappa shape index (κ2) is 9.60. The van der Waals surface area contributed by atoms with Gasteiger partial charge in [0.15, 0.2) is 5.16 Å². The molecule has 0 aliphatic rings. The number of fused-ring (bicyclic) bond motifs is 1. The highest BCUT2D eigenvalue weighted by Gasteiger charge is 2.18. The molecular weight excluding hydrogens is 410 g/mol. The molecule has 1 aromatic carbocycles. The number of amides is 2. The van der Waals surface area contributed by atoms with E-state index < -0.39 is 0 Å². The minimum absolute atomic E-state index is 0.0797. The van der Waals surface area contributed by atoms with Crippen molar-refractivity contribution in [2.75, 3.05) is 24.2 Å². The van der Waals surface area contributed by atoms with E-state index in [1.807, 2.05) is 60.0 Å². The summed E-state index contributed by atoms with van der Waals surface area (Å²) in [6.45, 7) is 12.0. The van der Waals surface area contributed by atoms with Crippen molar-refractivity contribution in [2.45, 2.75) is 51.9 Å². The summed E-state index contributed by atoms with van der Waals surface area (Å²) in [5, 5.41) is 4.77. The van der Waals surface area contributed by atoms with Crippen LogP contribution in [0.1, 0.15) is 34.6 Å². The second-order valence-electron chi connectivity index (χ2n) is 8.37. The highest BCUT2D eigenvalue weighted by atomic mass is 32.2. The lowest BCUT2D eigenvalue weighted by Crippen LogP contribution is -2.33. The van der Waals surface area contributed by atoms with Crippen molar-refractivity contribution in [1.29, 1.82) is 0 Å². The molecule has 3 rings (SSSR count). The van der Waals surface area contributed by atoms with Crippen LogP contribution in [0.2, 0.25) is 0 Å². The summed E-state index contributed by atoms with van der Waals surface area (Å²) in [5.41, 5.74) is 1.63. The highest BCUT2D eigenvalue weighted by Crippen LogP contribution is 2.25. The molecule has 8 heteroatoms. The molecule has 0 saturated heterocycles. The average Bonchev–Trinajstić information content (AvgIpc) is 3.34. The van der Waals surface area contributed by atoms with Crippen molar-refractivity contribution in [3.63, 3.8) is 0 Å². The van der Waals surface area contributed by atoms with Gasteiger partial charge in [-0.3, -0.25) is 9.59 Å². The fourth-order valence-electron chi connectivity index (χ4n) is 3.47. The van der Waals surface area contributed by atoms with Crippen molar-refractivity contribution in [2.24, 2.45) is 0 Å². The number of carbonyl (C=O) groups is 2. The van der Waals surface area contributed by atoms with Crippen LogP contribution < -0.4 is 5.32 Å². The molecule has 0 radical (unpaired) electrons. The van der Waals surface area contributed by atoms with Crippen molar-refractivity contribution >= 4 is 40.2 Å². The summed E-state index contributed by atoms with van der Waals surface area (Å²) in [7, 11) is 0. The number of thioether (sulfide) groups is 1. The third-order valence-electron chi connectivity index (χ3n) is 5.14. The van der Waals surface area contributed by atoms with Gasteiger partial charge in [-0.2, -0.15) is 0 Å². The Morgan fingerprint density at radius 1 is 1.13 bits per heavy atom. The molecule has 166 valence electrons. The smallest absolute Gasteiger partial charge is 0.242 e. The van der Waals surface area contributed by atoms with Gasteiger partial charge in [0, 0.05) is 53.8 Å². The topological polar surface area (TPSA) is 72.2 Å². The molecule has 0 fully saturated rings. The van der Waals surface area contributed by atoms with Gasteiger partial charge < -0.3 is 19.4 Å². The number of nitrogens with one attached hydrogen (secondary N) is 1. The summed E-state index contributed by atoms with van der Waals surface area (Å²) in [4.78, 5) is 31.1. The number of nitrogens with zero attached hydrogens (tertiary/aromatic N) is 4. The lowest BCUT2D eigenvalue weighted by atomic mass is 10.1. The van der Waals surface area contributed by atoms with Crippen LogP contribution in [0.25, 0.3) is 10.9 Å². The van der Waals surface area contributed by atoms with Crippen LogP contribution in [0.3, 0.4) is 0 Å². The Labute approximate surface area is 187 Å². The molecule has 0 bridgehead atoms. The molecule has 0 saturated carbocycles. The number of hydrogen-bond donors (Lipinski definition) is 1. The van der Waals surface area contributed by atoms with E-state index >= 15 is 0 Å². The Hall–Kier alpha value is -2.74. The Morgan fingerprint density at radius 2 is 1.87 bits per heavy atom. The van der Waals surface area contributed by atoms with Crippen molar-refractivity contribution in [1.82, 2.24) is 19.0 Å². The van der Waals surface area contributed by atoms with Gasteiger partial charge in [0.25, 0.3) is 0 Å². The fourth-order valence-corrected chi connectivity index (χ4v) is 4.41. The predicted molar refractivity (Wildman–Crippen MR) is 126 cm³/mol. The third-order valence-corrected chi connectivity index (χ3v) is 6.11. The summed E-state index contributed by atoms with van der Waals surface area (Å²) >= 11 is 1.42. The zero-order valence-electron chi connectivity index (χ0n) is 18.9. The van der Waals surface area contributed by atoms with Gasteiger partial charge in [-0.1, -0.05) is 11.8 Å². The van der Waals surface area contributed by atoms with Gasteiger partial charge in [0.1, 0.15) is 6.54 Å². The van der Waals surface area contributed by atoms with Crippen LogP contribution in [0.5, 0.6) is 0 Å². The standard InChI is InChI=1S/C23H31N5O2S/c1-6-26(7-2)21(30)15-27-12-10-17-14-18(8-9-19(17)27)25-20(29)16-31-22-24-11-13-28(22)23(3,4)5/h8-14H,6-7,15-16H2,1-5H3,(H,25,29). The molecular formula is C23H31N5O2S. The average molecular weight is 442 g/mol. The van der Waals surface area contributed by atoms with Crippen LogP contribution in [-0.4, -0.2) is 49.7 Å². The molecule has 0 aliphatic carbocycles. The number of benzene rings is 1. The molecule has 0 unspecified atom stereocenters. The van der Waals surface area contributed by atoms with E-state index in [1.54, 1.807) is 6.20 Å². The first kappa shape index (κ1) is 22.9. The fraction of sp³-hybridized carbons (Fsp3) is 0.435. The van der Waals surface area contributed by atoms with Crippen molar-refractivity contribution in [3.8, 4) is 0 Å². The second-order valence-corrected chi connectivity index (χ2v) is 9.31. The zero-order valence-corrected chi connectivity index (χ0v) is 19.7. The SMILES string of the molecule is CCN(CC)C(=O)Cn1ccc2cc(NC(=O)CSc3nccn3C(C)(C)C)ccc21. The summed E-state index contributed by atoms with van der Waals surface area (Å²) in [6, 6.07) is 7.72. The number of carbonyl (C=O) groups excluding carboxylic acids is 2. The number of likely N-dealkylation sites (N-methyl/N-ethyl adjacent to an activating group) is 1. The minimum Gasteiger partial charge on any atom is -0.342 e. The van der Waals surface area contributed by atoms with Crippen LogP contribution in [0, 0.1) is 0 Å². The van der Waals surface area contributed by atoms with Crippen molar-refractivity contribution in [3.05, 3.63) is 42.9 Å². The van der Waals surface area contributed by atoms with E-state index in [0.717, 1.165) is 21.7 Å². The maximum atomic E-state index is 12.5. The molecule has 2 heterocycles. The number of hydrogen-bond acceptors (Lipinski definition) is 4. The molecule has 0 aliphatic heterocycles. The maximum Gasteiger partial charge on any atom is 0.242 e. The normalized spacial score (nSPS) is 11.6. The maximum absolute atomic E-state index is 12.5. The predicted octanol–water partition coefficient (Wildman–Crippen LogP) is 4.19. The molecule has 7 nitrogen and oxygen atoms in total. The molecule has 0 atom stereocenters. The molecule has 1 N–H and O–H groups in total. The van der Waals surface area contributed by atoms with E-state index in [4.69, 9.17) is 0 Å². The Balaban J connectivity index is 1.63. The van der Waals surface area contributed by atoms with Crippen LogP contribution >= 0.6 is 11.8 Å². The van der Waals surface area contributed by atoms with Crippen LogP contribution in [0.4, 0.5) is 5.69 Å². The van der Waals surface area contributed by atoms with E-state index in [2.05, 4.69) is 35.6 Å². The van der Waals surface area contributed by atoms with E-state index in [-0.39, 0.29) is 23.1 Å². The van der Waals surface area contributed by atoms with Crippen LogP contribution in [0.15, 0.2) is 48.0 Å². The van der Waals surface area contributed by atoms with Gasteiger partial charge in [0.05, 0.1) is 5.75 Å². The Morgan fingerprint density at radius 3 is 2.55 bits per heavy atom. The molecule has 2 aromatic heterocycles. The molecule has 0 spiro atoms. The first-order valence-corrected chi connectivity index (χ1v) is 11.5. The quantitative estimate of drug-likeness (QED) is 0.532. The third kappa shape index (κ3) is 5.50. The summed E-state index contributed by atoms with van der Waals surface area (Å²) in [6.07, 6.45) is 5.61. The molecule has 2 amide bonds. The summed E-state index contributed by atoms with van der Waals surface area (Å²) in [5.74, 6) is 0.305.